The highest BCUT2D eigenvalue weighted by atomic mass is 79.9. The summed E-state index contributed by atoms with van der Waals surface area (Å²) in [6.07, 6.45) is -3.70. The molecule has 88 valence electrons. The summed E-state index contributed by atoms with van der Waals surface area (Å²) < 4.78 is 42.0. The molecule has 0 N–H and O–H groups in total. The lowest BCUT2D eigenvalue weighted by molar-refractivity contribution is -0.0836. The Labute approximate surface area is 104 Å². The molecule has 0 radical (unpaired) electrons. The topological polar surface area (TPSA) is 9.23 Å². The zero-order valence-electron chi connectivity index (χ0n) is 8.11. The lowest BCUT2D eigenvalue weighted by Gasteiger charge is -2.06. The Morgan fingerprint density at radius 2 is 2.06 bits per heavy atom. The van der Waals surface area contributed by atoms with E-state index in [0.29, 0.717) is 15.8 Å². The monoisotopic (exact) mass is 314 g/mol. The molecule has 1 nitrogen and oxygen atoms in total. The summed E-state index contributed by atoms with van der Waals surface area (Å²) >= 11 is 8.26. The Kier molecular flexibility index (Phi) is 4.27. The predicted octanol–water partition coefficient (Wildman–Crippen LogP) is 4.60. The van der Waals surface area contributed by atoms with Crippen LogP contribution in [0.2, 0.25) is 0 Å². The average Bonchev–Trinajstić information content (AvgIpc) is 2.19. The normalized spacial score (nSPS) is 12.8. The number of halogens is 5. The maximum atomic E-state index is 12.2. The number of allylic oxidation sites excluding steroid dienone is 1. The van der Waals surface area contributed by atoms with Gasteiger partial charge in [-0.2, -0.15) is 13.2 Å². The smallest absolute Gasteiger partial charge is 0.426 e. The maximum absolute atomic E-state index is 12.2. The number of rotatable bonds is 2. The third-order valence-electron chi connectivity index (χ3n) is 1.76. The van der Waals surface area contributed by atoms with Gasteiger partial charge < -0.3 is 4.74 Å². The highest BCUT2D eigenvalue weighted by Gasteiger charge is 2.32. The molecule has 1 aromatic carbocycles. The van der Waals surface area contributed by atoms with Gasteiger partial charge in [-0.25, -0.2) is 0 Å². The van der Waals surface area contributed by atoms with Crippen molar-refractivity contribution in [2.24, 2.45) is 0 Å². The van der Waals surface area contributed by atoms with Gasteiger partial charge in [0.25, 0.3) is 0 Å². The van der Waals surface area contributed by atoms with Crippen LogP contribution in [0.5, 0.6) is 5.75 Å². The molecule has 0 aliphatic carbocycles. The van der Waals surface area contributed by atoms with Gasteiger partial charge in [-0.1, -0.05) is 27.5 Å². The zero-order chi connectivity index (χ0) is 12.3. The number of hydrogen-bond acceptors (Lipinski definition) is 1. The van der Waals surface area contributed by atoms with Crippen LogP contribution >= 0.6 is 27.5 Å². The van der Waals surface area contributed by atoms with E-state index in [0.717, 1.165) is 6.08 Å². The summed E-state index contributed by atoms with van der Waals surface area (Å²) in [5.41, 5.74) is 0.307. The lowest BCUT2D eigenvalue weighted by atomic mass is 10.2. The molecule has 0 heterocycles. The fourth-order valence-electron chi connectivity index (χ4n) is 0.978. The van der Waals surface area contributed by atoms with Gasteiger partial charge in [0.15, 0.2) is 0 Å². The summed E-state index contributed by atoms with van der Waals surface area (Å²) in [4.78, 5) is 0. The minimum absolute atomic E-state index is 0.307. The third kappa shape index (κ3) is 3.42. The quantitative estimate of drug-likeness (QED) is 0.775. The van der Waals surface area contributed by atoms with Crippen LogP contribution in [0.4, 0.5) is 13.2 Å². The van der Waals surface area contributed by atoms with Gasteiger partial charge in [-0.3, -0.25) is 0 Å². The van der Waals surface area contributed by atoms with Gasteiger partial charge in [0, 0.05) is 4.47 Å². The van der Waals surface area contributed by atoms with Crippen LogP contribution in [-0.4, -0.2) is 13.3 Å². The SMILES string of the molecule is COc1ccc(Br)c(/C=C(\Cl)C(F)(F)F)c1. The van der Waals surface area contributed by atoms with E-state index in [1.165, 1.54) is 13.2 Å². The van der Waals surface area contributed by atoms with Crippen molar-refractivity contribution >= 4 is 33.6 Å². The molecule has 0 atom stereocenters. The molecule has 0 saturated carbocycles. The van der Waals surface area contributed by atoms with Crippen molar-refractivity contribution in [3.63, 3.8) is 0 Å². The van der Waals surface area contributed by atoms with E-state index >= 15 is 0 Å². The van der Waals surface area contributed by atoms with Gasteiger partial charge in [-0.05, 0) is 29.8 Å². The van der Waals surface area contributed by atoms with Crippen molar-refractivity contribution < 1.29 is 17.9 Å². The number of benzene rings is 1. The second-order valence-corrected chi connectivity index (χ2v) is 4.14. The number of ether oxygens (including phenoxy) is 1. The second-order valence-electron chi connectivity index (χ2n) is 2.88. The van der Waals surface area contributed by atoms with Crippen molar-refractivity contribution in [1.29, 1.82) is 0 Å². The minimum atomic E-state index is -4.54. The molecular formula is C10H7BrClF3O. The summed E-state index contributed by atoms with van der Waals surface area (Å²) in [6, 6.07) is 4.67. The first-order valence-electron chi connectivity index (χ1n) is 4.12. The zero-order valence-corrected chi connectivity index (χ0v) is 10.4. The molecule has 0 aliphatic rings. The number of hydrogen-bond donors (Lipinski definition) is 0. The Morgan fingerprint density at radius 1 is 1.44 bits per heavy atom. The third-order valence-corrected chi connectivity index (χ3v) is 2.80. The molecule has 6 heteroatoms. The molecule has 1 aromatic rings. The van der Waals surface area contributed by atoms with Gasteiger partial charge in [-0.15, -0.1) is 0 Å². The van der Waals surface area contributed by atoms with Crippen molar-refractivity contribution in [2.75, 3.05) is 7.11 Å². The van der Waals surface area contributed by atoms with Crippen LogP contribution in [0.25, 0.3) is 6.08 Å². The van der Waals surface area contributed by atoms with Crippen LogP contribution in [0.3, 0.4) is 0 Å². The van der Waals surface area contributed by atoms with Crippen molar-refractivity contribution in [3.8, 4) is 5.75 Å². The number of methoxy groups -OCH3 is 1. The van der Waals surface area contributed by atoms with E-state index in [9.17, 15) is 13.2 Å². The summed E-state index contributed by atoms with van der Waals surface area (Å²) in [5.74, 6) is 0.459. The first-order chi connectivity index (χ1) is 7.34. The highest BCUT2D eigenvalue weighted by molar-refractivity contribution is 9.10. The van der Waals surface area contributed by atoms with Gasteiger partial charge in [0.2, 0.25) is 0 Å². The van der Waals surface area contributed by atoms with Crippen LogP contribution in [0.1, 0.15) is 5.56 Å². The van der Waals surface area contributed by atoms with E-state index in [-0.39, 0.29) is 0 Å². The number of alkyl halides is 3. The van der Waals surface area contributed by atoms with E-state index in [4.69, 9.17) is 16.3 Å². The van der Waals surface area contributed by atoms with Gasteiger partial charge in [0.1, 0.15) is 10.8 Å². The molecule has 0 aliphatic heterocycles. The molecule has 0 aromatic heterocycles. The largest absolute Gasteiger partial charge is 0.497 e. The van der Waals surface area contributed by atoms with Crippen LogP contribution < -0.4 is 4.74 Å². The van der Waals surface area contributed by atoms with E-state index < -0.39 is 11.2 Å². The molecule has 16 heavy (non-hydrogen) atoms. The first-order valence-corrected chi connectivity index (χ1v) is 5.29. The molecule has 0 fully saturated rings. The minimum Gasteiger partial charge on any atom is -0.497 e. The van der Waals surface area contributed by atoms with Gasteiger partial charge >= 0.3 is 6.18 Å². The molecule has 0 spiro atoms. The molecular weight excluding hydrogens is 308 g/mol. The van der Waals surface area contributed by atoms with E-state index in [1.807, 2.05) is 0 Å². The summed E-state index contributed by atoms with van der Waals surface area (Å²) in [6.45, 7) is 0. The Morgan fingerprint density at radius 3 is 2.56 bits per heavy atom. The lowest BCUT2D eigenvalue weighted by Crippen LogP contribution is -2.06. The average molecular weight is 316 g/mol. The van der Waals surface area contributed by atoms with Crippen LogP contribution in [0, 0.1) is 0 Å². The molecule has 0 bridgehead atoms. The van der Waals surface area contributed by atoms with E-state index in [2.05, 4.69) is 15.9 Å². The van der Waals surface area contributed by atoms with Crippen LogP contribution in [0.15, 0.2) is 27.7 Å². The Balaban J connectivity index is 3.14. The maximum Gasteiger partial charge on any atom is 0.426 e. The molecule has 0 saturated heterocycles. The van der Waals surface area contributed by atoms with Gasteiger partial charge in [0.05, 0.1) is 7.11 Å². The standard InChI is InChI=1S/C10H7BrClF3O/c1-16-7-2-3-8(11)6(4-7)5-9(12)10(13,14)15/h2-5H,1H3/b9-5-. The van der Waals surface area contributed by atoms with Crippen molar-refractivity contribution in [2.45, 2.75) is 6.18 Å². The van der Waals surface area contributed by atoms with Crippen molar-refractivity contribution in [3.05, 3.63) is 33.3 Å². The fraction of sp³-hybridized carbons (Fsp3) is 0.200. The highest BCUT2D eigenvalue weighted by Crippen LogP contribution is 2.33. The van der Waals surface area contributed by atoms with Crippen LogP contribution in [-0.2, 0) is 0 Å². The Hall–Kier alpha value is -0.680. The Bertz CT molecular complexity index is 415. The summed E-state index contributed by atoms with van der Waals surface area (Å²) in [5, 5.41) is -1.18. The molecule has 0 unspecified atom stereocenters. The molecule has 1 rings (SSSR count). The first kappa shape index (κ1) is 13.4. The van der Waals surface area contributed by atoms with Crippen molar-refractivity contribution in [1.82, 2.24) is 0 Å². The fourth-order valence-corrected chi connectivity index (χ4v) is 1.46. The predicted molar refractivity (Wildman–Crippen MR) is 60.6 cm³/mol. The van der Waals surface area contributed by atoms with E-state index in [1.54, 1.807) is 12.1 Å². The summed E-state index contributed by atoms with van der Waals surface area (Å²) in [7, 11) is 1.43. The second kappa shape index (κ2) is 5.10. The molecule has 0 amide bonds.